The van der Waals surface area contributed by atoms with Gasteiger partial charge in [-0.2, -0.15) is 5.26 Å². The van der Waals surface area contributed by atoms with Crippen LogP contribution in [0.3, 0.4) is 0 Å². The van der Waals surface area contributed by atoms with Crippen LogP contribution in [0.15, 0.2) is 42.5 Å². The summed E-state index contributed by atoms with van der Waals surface area (Å²) in [6.45, 7) is 0. The van der Waals surface area contributed by atoms with Gasteiger partial charge in [-0.3, -0.25) is 0 Å². The SMILES string of the molecule is N#Cc1ccc(Nc2cccc(O)c2)c(F)c1. The lowest BCUT2D eigenvalue weighted by molar-refractivity contribution is 0.475. The molecule has 0 bridgehead atoms. The van der Waals surface area contributed by atoms with Gasteiger partial charge in [-0.15, -0.1) is 0 Å². The van der Waals surface area contributed by atoms with Crippen LogP contribution in [0.5, 0.6) is 5.75 Å². The number of hydrogen-bond donors (Lipinski definition) is 2. The molecular formula is C13H9FN2O. The lowest BCUT2D eigenvalue weighted by Crippen LogP contribution is -1.94. The molecule has 0 aliphatic rings. The summed E-state index contributed by atoms with van der Waals surface area (Å²) in [5.41, 5.74) is 1.10. The van der Waals surface area contributed by atoms with Crippen LogP contribution in [-0.2, 0) is 0 Å². The first-order valence-corrected chi connectivity index (χ1v) is 4.95. The van der Waals surface area contributed by atoms with E-state index in [1.54, 1.807) is 12.1 Å². The maximum absolute atomic E-state index is 13.5. The zero-order valence-electron chi connectivity index (χ0n) is 8.81. The molecule has 2 aromatic carbocycles. The second-order valence-electron chi connectivity index (χ2n) is 3.48. The average Bonchev–Trinajstić information content (AvgIpc) is 2.32. The summed E-state index contributed by atoms with van der Waals surface area (Å²) in [5.74, 6) is -0.406. The fraction of sp³-hybridized carbons (Fsp3) is 0. The van der Waals surface area contributed by atoms with Crippen LogP contribution < -0.4 is 5.32 Å². The normalized spacial score (nSPS) is 9.65. The van der Waals surface area contributed by atoms with Gasteiger partial charge < -0.3 is 10.4 Å². The summed E-state index contributed by atoms with van der Waals surface area (Å²) in [4.78, 5) is 0. The van der Waals surface area contributed by atoms with Gasteiger partial charge in [0.1, 0.15) is 11.6 Å². The monoisotopic (exact) mass is 228 g/mol. The van der Waals surface area contributed by atoms with E-state index >= 15 is 0 Å². The van der Waals surface area contributed by atoms with E-state index in [9.17, 15) is 9.50 Å². The number of nitriles is 1. The lowest BCUT2D eigenvalue weighted by atomic mass is 10.2. The summed E-state index contributed by atoms with van der Waals surface area (Å²) in [5, 5.41) is 20.7. The number of phenols is 1. The molecule has 2 aromatic rings. The molecule has 0 unspecified atom stereocenters. The molecule has 0 heterocycles. The molecule has 0 aromatic heterocycles. The van der Waals surface area contributed by atoms with E-state index in [4.69, 9.17) is 5.26 Å². The van der Waals surface area contributed by atoms with Gasteiger partial charge in [-0.25, -0.2) is 4.39 Å². The molecule has 0 saturated carbocycles. The molecule has 0 aliphatic carbocycles. The molecule has 84 valence electrons. The Morgan fingerprint density at radius 1 is 1.18 bits per heavy atom. The average molecular weight is 228 g/mol. The molecule has 0 aliphatic heterocycles. The summed E-state index contributed by atoms with van der Waals surface area (Å²) in [6.07, 6.45) is 0. The van der Waals surface area contributed by atoms with E-state index in [-0.39, 0.29) is 17.0 Å². The van der Waals surface area contributed by atoms with Crippen molar-refractivity contribution in [2.24, 2.45) is 0 Å². The molecule has 0 radical (unpaired) electrons. The van der Waals surface area contributed by atoms with Gasteiger partial charge >= 0.3 is 0 Å². The van der Waals surface area contributed by atoms with E-state index in [0.29, 0.717) is 5.69 Å². The van der Waals surface area contributed by atoms with Crippen molar-refractivity contribution in [1.82, 2.24) is 0 Å². The fourth-order valence-electron chi connectivity index (χ4n) is 1.43. The van der Waals surface area contributed by atoms with E-state index in [1.165, 1.54) is 24.3 Å². The second-order valence-corrected chi connectivity index (χ2v) is 3.48. The van der Waals surface area contributed by atoms with Crippen LogP contribution in [-0.4, -0.2) is 5.11 Å². The molecule has 17 heavy (non-hydrogen) atoms. The van der Waals surface area contributed by atoms with Gasteiger partial charge in [-0.05, 0) is 30.3 Å². The van der Waals surface area contributed by atoms with Crippen molar-refractivity contribution < 1.29 is 9.50 Å². The highest BCUT2D eigenvalue weighted by Gasteiger charge is 2.04. The molecule has 3 nitrogen and oxygen atoms in total. The van der Waals surface area contributed by atoms with Crippen molar-refractivity contribution in [2.75, 3.05) is 5.32 Å². The molecule has 0 atom stereocenters. The van der Waals surface area contributed by atoms with Crippen molar-refractivity contribution in [3.63, 3.8) is 0 Å². The van der Waals surface area contributed by atoms with Crippen molar-refractivity contribution in [2.45, 2.75) is 0 Å². The van der Waals surface area contributed by atoms with Crippen molar-refractivity contribution in [1.29, 1.82) is 5.26 Å². The third kappa shape index (κ3) is 2.52. The maximum atomic E-state index is 13.5. The fourth-order valence-corrected chi connectivity index (χ4v) is 1.43. The number of nitrogens with zero attached hydrogens (tertiary/aromatic N) is 1. The van der Waals surface area contributed by atoms with E-state index in [2.05, 4.69) is 5.32 Å². The topological polar surface area (TPSA) is 56.0 Å². The number of benzene rings is 2. The van der Waals surface area contributed by atoms with Gasteiger partial charge in [0.25, 0.3) is 0 Å². The Balaban J connectivity index is 2.28. The highest BCUT2D eigenvalue weighted by Crippen LogP contribution is 2.23. The van der Waals surface area contributed by atoms with Crippen LogP contribution in [0.2, 0.25) is 0 Å². The smallest absolute Gasteiger partial charge is 0.147 e. The summed E-state index contributed by atoms with van der Waals surface area (Å²) >= 11 is 0. The van der Waals surface area contributed by atoms with Gasteiger partial charge in [0, 0.05) is 11.8 Å². The summed E-state index contributed by atoms with van der Waals surface area (Å²) in [6, 6.07) is 12.4. The molecule has 0 spiro atoms. The number of rotatable bonds is 2. The number of aromatic hydroxyl groups is 1. The Hall–Kier alpha value is -2.54. The minimum atomic E-state index is -0.507. The molecule has 2 N–H and O–H groups in total. The van der Waals surface area contributed by atoms with Crippen LogP contribution >= 0.6 is 0 Å². The molecule has 0 amide bonds. The number of hydrogen-bond acceptors (Lipinski definition) is 3. The highest BCUT2D eigenvalue weighted by molar-refractivity contribution is 5.62. The molecule has 2 rings (SSSR count). The summed E-state index contributed by atoms with van der Waals surface area (Å²) in [7, 11) is 0. The van der Waals surface area contributed by atoms with Crippen LogP contribution in [0.25, 0.3) is 0 Å². The molecule has 0 fully saturated rings. The predicted octanol–water partition coefficient (Wildman–Crippen LogP) is 3.15. The van der Waals surface area contributed by atoms with E-state index < -0.39 is 5.82 Å². The van der Waals surface area contributed by atoms with Crippen LogP contribution in [0, 0.1) is 17.1 Å². The Labute approximate surface area is 97.8 Å². The van der Waals surface area contributed by atoms with Crippen LogP contribution in [0.1, 0.15) is 5.56 Å². The lowest BCUT2D eigenvalue weighted by Gasteiger charge is -2.07. The van der Waals surface area contributed by atoms with E-state index in [1.807, 2.05) is 6.07 Å². The predicted molar refractivity (Wildman–Crippen MR) is 62.5 cm³/mol. The number of phenolic OH excluding ortho intramolecular Hbond substituents is 1. The van der Waals surface area contributed by atoms with E-state index in [0.717, 1.165) is 6.07 Å². The maximum Gasteiger partial charge on any atom is 0.147 e. The highest BCUT2D eigenvalue weighted by atomic mass is 19.1. The first kappa shape index (κ1) is 11.0. The van der Waals surface area contributed by atoms with Crippen LogP contribution in [0.4, 0.5) is 15.8 Å². The van der Waals surface area contributed by atoms with Crippen molar-refractivity contribution >= 4 is 11.4 Å². The number of anilines is 2. The number of nitrogens with one attached hydrogen (secondary N) is 1. The molecular weight excluding hydrogens is 219 g/mol. The first-order chi connectivity index (χ1) is 8.19. The zero-order valence-corrected chi connectivity index (χ0v) is 8.81. The zero-order chi connectivity index (χ0) is 12.3. The van der Waals surface area contributed by atoms with Gasteiger partial charge in [0.05, 0.1) is 17.3 Å². The Bertz CT molecular complexity index is 590. The van der Waals surface area contributed by atoms with Gasteiger partial charge in [0.15, 0.2) is 0 Å². The Kier molecular flexibility index (Phi) is 2.93. The largest absolute Gasteiger partial charge is 0.508 e. The third-order valence-corrected chi connectivity index (χ3v) is 2.22. The second kappa shape index (κ2) is 4.54. The molecule has 4 heteroatoms. The van der Waals surface area contributed by atoms with Gasteiger partial charge in [0.2, 0.25) is 0 Å². The number of halogens is 1. The minimum absolute atomic E-state index is 0.101. The van der Waals surface area contributed by atoms with Gasteiger partial charge in [-0.1, -0.05) is 6.07 Å². The quantitative estimate of drug-likeness (QED) is 0.830. The minimum Gasteiger partial charge on any atom is -0.508 e. The molecule has 0 saturated heterocycles. The van der Waals surface area contributed by atoms with Crippen molar-refractivity contribution in [3.05, 3.63) is 53.8 Å². The standard InChI is InChI=1S/C13H9FN2O/c14-12-6-9(8-15)4-5-13(12)16-10-2-1-3-11(17)7-10/h1-7,16-17H. The first-order valence-electron chi connectivity index (χ1n) is 4.95. The Morgan fingerprint density at radius 3 is 2.65 bits per heavy atom. The summed E-state index contributed by atoms with van der Waals surface area (Å²) < 4.78 is 13.5. The Morgan fingerprint density at radius 2 is 2.00 bits per heavy atom. The van der Waals surface area contributed by atoms with Crippen molar-refractivity contribution in [3.8, 4) is 11.8 Å². The third-order valence-electron chi connectivity index (χ3n) is 2.22.